The van der Waals surface area contributed by atoms with Crippen molar-refractivity contribution in [2.75, 3.05) is 0 Å². The van der Waals surface area contributed by atoms with Crippen molar-refractivity contribution in [2.24, 2.45) is 0 Å². The summed E-state index contributed by atoms with van der Waals surface area (Å²) in [5.41, 5.74) is 12.9. The zero-order valence-electron chi connectivity index (χ0n) is 28.4. The van der Waals surface area contributed by atoms with Gasteiger partial charge in [0.2, 0.25) is 0 Å². The van der Waals surface area contributed by atoms with Gasteiger partial charge in [-0.25, -0.2) is 0 Å². The Kier molecular flexibility index (Phi) is 6.61. The summed E-state index contributed by atoms with van der Waals surface area (Å²) >= 11 is 0. The fraction of sp³-hybridized carbons (Fsp3) is 0.191. The Morgan fingerprint density at radius 2 is 0.851 bits per heavy atom. The van der Waals surface area contributed by atoms with Crippen LogP contribution in [0.5, 0.6) is 0 Å². The van der Waals surface area contributed by atoms with E-state index in [9.17, 15) is 0 Å². The molecule has 0 amide bonds. The molecule has 1 aliphatic carbocycles. The minimum absolute atomic E-state index is 0.00213. The van der Waals surface area contributed by atoms with Gasteiger partial charge in [0.05, 0.1) is 5.41 Å². The summed E-state index contributed by atoms with van der Waals surface area (Å²) in [6.07, 6.45) is 0. The van der Waals surface area contributed by atoms with E-state index in [2.05, 4.69) is 187 Å². The van der Waals surface area contributed by atoms with Gasteiger partial charge in [0, 0.05) is 0 Å². The molecule has 1 aliphatic rings. The molecule has 0 nitrogen and oxygen atoms in total. The highest BCUT2D eigenvalue weighted by atomic mass is 14.5. The molecule has 0 heteroatoms. The van der Waals surface area contributed by atoms with Gasteiger partial charge in [0.1, 0.15) is 0 Å². The Balaban J connectivity index is 1.52. The maximum absolute atomic E-state index is 2.52. The first-order valence-corrected chi connectivity index (χ1v) is 17.0. The van der Waals surface area contributed by atoms with Gasteiger partial charge >= 0.3 is 0 Å². The van der Waals surface area contributed by atoms with Crippen LogP contribution in [0.1, 0.15) is 74.9 Å². The predicted octanol–water partition coefficient (Wildman–Crippen LogP) is 12.6. The summed E-state index contributed by atoms with van der Waals surface area (Å²) < 4.78 is 0. The van der Waals surface area contributed by atoms with Crippen molar-refractivity contribution >= 4 is 21.5 Å². The third-order valence-electron chi connectivity index (χ3n) is 10.4. The highest BCUT2D eigenvalue weighted by Gasteiger charge is 2.46. The molecule has 8 rings (SSSR count). The zero-order chi connectivity index (χ0) is 32.6. The van der Waals surface area contributed by atoms with Crippen molar-refractivity contribution in [1.82, 2.24) is 0 Å². The van der Waals surface area contributed by atoms with Crippen molar-refractivity contribution in [3.63, 3.8) is 0 Å². The SMILES string of the molecule is CC(C)(C)c1ccc2c(c1)C(c1ccccc1)(c1ccccc1)c1cc(-c3c4ccccc4c(C(C)(C)C)c4ccccc34)ccc1-2. The number of rotatable bonds is 3. The first-order valence-electron chi connectivity index (χ1n) is 17.0. The summed E-state index contributed by atoms with van der Waals surface area (Å²) in [7, 11) is 0. The monoisotopic (exact) mass is 606 g/mol. The van der Waals surface area contributed by atoms with Crippen LogP contribution in [0.25, 0.3) is 43.8 Å². The Labute approximate surface area is 279 Å². The van der Waals surface area contributed by atoms with Gasteiger partial charge in [-0.05, 0) is 94.1 Å². The maximum Gasteiger partial charge on any atom is 0.0713 e. The van der Waals surface area contributed by atoms with E-state index in [1.807, 2.05) is 0 Å². The van der Waals surface area contributed by atoms with Crippen LogP contribution in [0.2, 0.25) is 0 Å². The van der Waals surface area contributed by atoms with E-state index in [4.69, 9.17) is 0 Å². The van der Waals surface area contributed by atoms with E-state index in [0.29, 0.717) is 0 Å². The minimum Gasteiger partial charge on any atom is -0.0622 e. The van der Waals surface area contributed by atoms with E-state index in [1.165, 1.54) is 77.2 Å². The third kappa shape index (κ3) is 4.42. The highest BCUT2D eigenvalue weighted by Crippen LogP contribution is 2.58. The smallest absolute Gasteiger partial charge is 0.0622 e. The van der Waals surface area contributed by atoms with Crippen LogP contribution in [0.4, 0.5) is 0 Å². The molecular formula is C47H42. The molecule has 0 aliphatic heterocycles. The molecule has 0 saturated carbocycles. The van der Waals surface area contributed by atoms with Gasteiger partial charge in [-0.2, -0.15) is 0 Å². The predicted molar refractivity (Wildman–Crippen MR) is 202 cm³/mol. The summed E-state index contributed by atoms with van der Waals surface area (Å²) in [5.74, 6) is 0. The fourth-order valence-electron chi connectivity index (χ4n) is 8.36. The average Bonchev–Trinajstić information content (AvgIpc) is 3.36. The molecule has 0 bridgehead atoms. The molecule has 0 atom stereocenters. The summed E-state index contributed by atoms with van der Waals surface area (Å²) in [6, 6.07) is 54.9. The van der Waals surface area contributed by atoms with E-state index in [-0.39, 0.29) is 10.8 Å². The first kappa shape index (κ1) is 29.5. The normalized spacial score (nSPS) is 13.9. The van der Waals surface area contributed by atoms with Crippen molar-refractivity contribution in [3.05, 3.63) is 179 Å². The van der Waals surface area contributed by atoms with E-state index in [1.54, 1.807) is 0 Å². The van der Waals surface area contributed by atoms with Gasteiger partial charge in [-0.1, -0.05) is 181 Å². The number of benzene rings is 7. The summed E-state index contributed by atoms with van der Waals surface area (Å²) in [5, 5.41) is 5.30. The van der Waals surface area contributed by atoms with Gasteiger partial charge in [-0.15, -0.1) is 0 Å². The lowest BCUT2D eigenvalue weighted by Crippen LogP contribution is -2.29. The van der Waals surface area contributed by atoms with E-state index in [0.717, 1.165) is 0 Å². The quantitative estimate of drug-likeness (QED) is 0.176. The lowest BCUT2D eigenvalue weighted by molar-refractivity contribution is 0.588. The Bertz CT molecular complexity index is 2190. The molecule has 0 saturated heterocycles. The molecule has 47 heavy (non-hydrogen) atoms. The summed E-state index contributed by atoms with van der Waals surface area (Å²) in [4.78, 5) is 0. The van der Waals surface area contributed by atoms with Crippen LogP contribution in [0.15, 0.2) is 146 Å². The molecular weight excluding hydrogens is 565 g/mol. The Hall–Kier alpha value is -4.94. The lowest BCUT2D eigenvalue weighted by Gasteiger charge is -2.35. The fourth-order valence-corrected chi connectivity index (χ4v) is 8.36. The van der Waals surface area contributed by atoms with Crippen molar-refractivity contribution in [1.29, 1.82) is 0 Å². The number of hydrogen-bond acceptors (Lipinski definition) is 0. The van der Waals surface area contributed by atoms with Gasteiger partial charge in [-0.3, -0.25) is 0 Å². The molecule has 0 radical (unpaired) electrons. The second-order valence-electron chi connectivity index (χ2n) is 15.3. The molecule has 0 spiro atoms. The largest absolute Gasteiger partial charge is 0.0713 e. The van der Waals surface area contributed by atoms with Crippen LogP contribution in [-0.2, 0) is 16.2 Å². The lowest BCUT2D eigenvalue weighted by atomic mass is 9.66. The molecule has 0 heterocycles. The molecule has 0 aromatic heterocycles. The molecule has 0 N–H and O–H groups in total. The maximum atomic E-state index is 2.52. The number of hydrogen-bond donors (Lipinski definition) is 0. The Morgan fingerprint density at radius 1 is 0.404 bits per heavy atom. The minimum atomic E-state index is -0.457. The van der Waals surface area contributed by atoms with Crippen molar-refractivity contribution < 1.29 is 0 Å². The van der Waals surface area contributed by atoms with Crippen LogP contribution in [0.3, 0.4) is 0 Å². The zero-order valence-corrected chi connectivity index (χ0v) is 28.4. The standard InChI is InChI=1S/C47H42/c1-45(2,3)34-26-28-36-35-27-25-31(43-37-21-13-15-23-39(37)44(46(4,5)6)40-24-16-14-22-38(40)43)29-41(35)47(42(36)30-34,32-17-9-7-10-18-32)33-19-11-8-12-20-33/h7-30H,1-6H3. The average molecular weight is 607 g/mol. The summed E-state index contributed by atoms with van der Waals surface area (Å²) in [6.45, 7) is 14.0. The molecule has 7 aromatic rings. The third-order valence-corrected chi connectivity index (χ3v) is 10.4. The topological polar surface area (TPSA) is 0 Å². The van der Waals surface area contributed by atoms with Gasteiger partial charge in [0.25, 0.3) is 0 Å². The Morgan fingerprint density at radius 3 is 1.34 bits per heavy atom. The van der Waals surface area contributed by atoms with Crippen LogP contribution < -0.4 is 0 Å². The van der Waals surface area contributed by atoms with Crippen LogP contribution >= 0.6 is 0 Å². The van der Waals surface area contributed by atoms with Gasteiger partial charge < -0.3 is 0 Å². The van der Waals surface area contributed by atoms with Crippen LogP contribution in [0, 0.1) is 0 Å². The molecule has 230 valence electrons. The van der Waals surface area contributed by atoms with Gasteiger partial charge in [0.15, 0.2) is 0 Å². The van der Waals surface area contributed by atoms with Crippen molar-refractivity contribution in [3.8, 4) is 22.3 Å². The van der Waals surface area contributed by atoms with E-state index < -0.39 is 5.41 Å². The molecule has 0 unspecified atom stereocenters. The second kappa shape index (κ2) is 10.5. The second-order valence-corrected chi connectivity index (χ2v) is 15.3. The van der Waals surface area contributed by atoms with Crippen molar-refractivity contribution in [2.45, 2.75) is 57.8 Å². The highest BCUT2D eigenvalue weighted by molar-refractivity contribution is 6.15. The molecule has 7 aromatic carbocycles. The number of fused-ring (bicyclic) bond motifs is 5. The van der Waals surface area contributed by atoms with Crippen LogP contribution in [-0.4, -0.2) is 0 Å². The molecule has 0 fully saturated rings. The van der Waals surface area contributed by atoms with E-state index >= 15 is 0 Å². The first-order chi connectivity index (χ1) is 22.6.